The van der Waals surface area contributed by atoms with Crippen molar-refractivity contribution in [3.05, 3.63) is 35.4 Å². The maximum absolute atomic E-state index is 13.1. The van der Waals surface area contributed by atoms with Crippen molar-refractivity contribution in [1.29, 1.82) is 0 Å². The molecule has 3 N–H and O–H groups in total. The highest BCUT2D eigenvalue weighted by atomic mass is 19.2. The van der Waals surface area contributed by atoms with Gasteiger partial charge in [0.2, 0.25) is 0 Å². The van der Waals surface area contributed by atoms with E-state index in [-0.39, 0.29) is 12.0 Å². The summed E-state index contributed by atoms with van der Waals surface area (Å²) in [6.07, 6.45) is 0.838. The average Bonchev–Trinajstić information content (AvgIpc) is 2.25. The molecule has 0 amide bonds. The van der Waals surface area contributed by atoms with E-state index in [9.17, 15) is 8.78 Å². The standard InChI is InChI=1S/C12H18F2N2/c1-8(5-6-15)12(16-2)9-3-4-10(13)11(14)7-9/h3-4,7-8,12,16H,5-6,15H2,1-2H3. The number of benzene rings is 1. The molecule has 2 unspecified atom stereocenters. The van der Waals surface area contributed by atoms with Crippen molar-refractivity contribution in [2.45, 2.75) is 19.4 Å². The van der Waals surface area contributed by atoms with Gasteiger partial charge in [-0.3, -0.25) is 0 Å². The van der Waals surface area contributed by atoms with Crippen molar-refractivity contribution in [1.82, 2.24) is 5.32 Å². The van der Waals surface area contributed by atoms with E-state index in [1.165, 1.54) is 6.07 Å². The highest BCUT2D eigenvalue weighted by Gasteiger charge is 2.18. The van der Waals surface area contributed by atoms with Gasteiger partial charge in [0.25, 0.3) is 0 Å². The molecule has 0 bridgehead atoms. The maximum Gasteiger partial charge on any atom is 0.159 e. The van der Waals surface area contributed by atoms with E-state index in [0.29, 0.717) is 6.54 Å². The number of halogens is 2. The molecular formula is C12H18F2N2. The van der Waals surface area contributed by atoms with Gasteiger partial charge >= 0.3 is 0 Å². The number of nitrogens with two attached hydrogens (primary N) is 1. The van der Waals surface area contributed by atoms with E-state index >= 15 is 0 Å². The lowest BCUT2D eigenvalue weighted by atomic mass is 9.92. The summed E-state index contributed by atoms with van der Waals surface area (Å²) in [5, 5.41) is 3.10. The normalized spacial score (nSPS) is 14.8. The van der Waals surface area contributed by atoms with Gasteiger partial charge in [-0.1, -0.05) is 13.0 Å². The number of hydrogen-bond donors (Lipinski definition) is 2. The van der Waals surface area contributed by atoms with Gasteiger partial charge in [-0.25, -0.2) is 8.78 Å². The summed E-state index contributed by atoms with van der Waals surface area (Å²) in [5.41, 5.74) is 6.24. The Morgan fingerprint density at radius 2 is 2.00 bits per heavy atom. The second-order valence-corrected chi connectivity index (χ2v) is 3.99. The molecular weight excluding hydrogens is 210 g/mol. The van der Waals surface area contributed by atoms with Crippen LogP contribution in [0.15, 0.2) is 18.2 Å². The third-order valence-corrected chi connectivity index (χ3v) is 2.80. The second kappa shape index (κ2) is 5.92. The lowest BCUT2D eigenvalue weighted by Gasteiger charge is -2.23. The molecule has 0 spiro atoms. The zero-order valence-corrected chi connectivity index (χ0v) is 9.63. The van der Waals surface area contributed by atoms with Crippen LogP contribution in [0.25, 0.3) is 0 Å². The average molecular weight is 228 g/mol. The predicted molar refractivity (Wildman–Crippen MR) is 61.0 cm³/mol. The molecule has 2 nitrogen and oxygen atoms in total. The van der Waals surface area contributed by atoms with Crippen molar-refractivity contribution < 1.29 is 8.78 Å². The number of rotatable bonds is 5. The Kier molecular flexibility index (Phi) is 4.83. The molecule has 1 rings (SSSR count). The summed E-state index contributed by atoms with van der Waals surface area (Å²) in [6.45, 7) is 2.62. The smallest absolute Gasteiger partial charge is 0.159 e. The van der Waals surface area contributed by atoms with Gasteiger partial charge in [0.15, 0.2) is 11.6 Å². The van der Waals surface area contributed by atoms with Crippen LogP contribution in [0.3, 0.4) is 0 Å². The monoisotopic (exact) mass is 228 g/mol. The van der Waals surface area contributed by atoms with Crippen LogP contribution in [-0.2, 0) is 0 Å². The Labute approximate surface area is 94.8 Å². The van der Waals surface area contributed by atoms with E-state index in [0.717, 1.165) is 18.1 Å². The minimum atomic E-state index is -0.815. The summed E-state index contributed by atoms with van der Waals surface area (Å²) in [7, 11) is 1.80. The minimum absolute atomic E-state index is 0.00125. The Bertz CT molecular complexity index is 342. The summed E-state index contributed by atoms with van der Waals surface area (Å²) >= 11 is 0. The van der Waals surface area contributed by atoms with Gasteiger partial charge in [-0.2, -0.15) is 0 Å². The van der Waals surface area contributed by atoms with Crippen LogP contribution < -0.4 is 11.1 Å². The highest BCUT2D eigenvalue weighted by Crippen LogP contribution is 2.24. The molecule has 0 radical (unpaired) electrons. The van der Waals surface area contributed by atoms with Crippen molar-refractivity contribution in [3.63, 3.8) is 0 Å². The molecule has 0 aliphatic rings. The van der Waals surface area contributed by atoms with Crippen LogP contribution in [0.1, 0.15) is 24.9 Å². The van der Waals surface area contributed by atoms with Crippen LogP contribution in [0.2, 0.25) is 0 Å². The second-order valence-electron chi connectivity index (χ2n) is 3.99. The van der Waals surface area contributed by atoms with Gasteiger partial charge in [-0.05, 0) is 43.6 Å². The fourth-order valence-electron chi connectivity index (χ4n) is 1.92. The van der Waals surface area contributed by atoms with Crippen molar-refractivity contribution >= 4 is 0 Å². The molecule has 0 saturated carbocycles. The fourth-order valence-corrected chi connectivity index (χ4v) is 1.92. The van der Waals surface area contributed by atoms with Crippen LogP contribution in [0.4, 0.5) is 8.78 Å². The first-order valence-corrected chi connectivity index (χ1v) is 5.42. The molecule has 4 heteroatoms. The topological polar surface area (TPSA) is 38.0 Å². The Morgan fingerprint density at radius 1 is 1.31 bits per heavy atom. The Balaban J connectivity index is 2.90. The van der Waals surface area contributed by atoms with Gasteiger partial charge in [0, 0.05) is 6.04 Å². The molecule has 16 heavy (non-hydrogen) atoms. The quantitative estimate of drug-likeness (QED) is 0.811. The van der Waals surface area contributed by atoms with Crippen molar-refractivity contribution in [3.8, 4) is 0 Å². The van der Waals surface area contributed by atoms with Crippen LogP contribution in [0, 0.1) is 17.6 Å². The van der Waals surface area contributed by atoms with Crippen LogP contribution in [0.5, 0.6) is 0 Å². The van der Waals surface area contributed by atoms with E-state index in [2.05, 4.69) is 5.32 Å². The molecule has 90 valence electrons. The molecule has 1 aromatic carbocycles. The zero-order chi connectivity index (χ0) is 12.1. The van der Waals surface area contributed by atoms with E-state index < -0.39 is 11.6 Å². The number of hydrogen-bond acceptors (Lipinski definition) is 2. The van der Waals surface area contributed by atoms with Crippen LogP contribution in [-0.4, -0.2) is 13.6 Å². The molecule has 2 atom stereocenters. The van der Waals surface area contributed by atoms with Crippen LogP contribution >= 0.6 is 0 Å². The van der Waals surface area contributed by atoms with E-state index in [1.54, 1.807) is 13.1 Å². The SMILES string of the molecule is CNC(c1ccc(F)c(F)c1)C(C)CCN. The maximum atomic E-state index is 13.1. The molecule has 0 aromatic heterocycles. The lowest BCUT2D eigenvalue weighted by Crippen LogP contribution is -2.25. The first-order chi connectivity index (χ1) is 7.60. The van der Waals surface area contributed by atoms with Gasteiger partial charge in [0.05, 0.1) is 0 Å². The van der Waals surface area contributed by atoms with Crippen molar-refractivity contribution in [2.75, 3.05) is 13.6 Å². The van der Waals surface area contributed by atoms with Gasteiger partial charge in [0.1, 0.15) is 0 Å². The highest BCUT2D eigenvalue weighted by molar-refractivity contribution is 5.21. The molecule has 0 aliphatic heterocycles. The van der Waals surface area contributed by atoms with E-state index in [1.807, 2.05) is 6.92 Å². The van der Waals surface area contributed by atoms with Crippen molar-refractivity contribution in [2.24, 2.45) is 11.7 Å². The summed E-state index contributed by atoms with van der Waals surface area (Å²) in [5.74, 6) is -1.34. The fraction of sp³-hybridized carbons (Fsp3) is 0.500. The first kappa shape index (κ1) is 13.1. The summed E-state index contributed by atoms with van der Waals surface area (Å²) in [6, 6.07) is 4.00. The Morgan fingerprint density at radius 3 is 2.50 bits per heavy atom. The third-order valence-electron chi connectivity index (χ3n) is 2.80. The largest absolute Gasteiger partial charge is 0.330 e. The van der Waals surface area contributed by atoms with Gasteiger partial charge in [-0.15, -0.1) is 0 Å². The van der Waals surface area contributed by atoms with E-state index in [4.69, 9.17) is 5.73 Å². The molecule has 1 aromatic rings. The minimum Gasteiger partial charge on any atom is -0.330 e. The molecule has 0 fully saturated rings. The molecule has 0 heterocycles. The number of nitrogens with one attached hydrogen (secondary N) is 1. The summed E-state index contributed by atoms with van der Waals surface area (Å²) in [4.78, 5) is 0. The summed E-state index contributed by atoms with van der Waals surface area (Å²) < 4.78 is 25.9. The zero-order valence-electron chi connectivity index (χ0n) is 9.63. The molecule has 0 aliphatic carbocycles. The molecule has 0 saturated heterocycles. The third kappa shape index (κ3) is 3.00. The first-order valence-electron chi connectivity index (χ1n) is 5.42. The lowest BCUT2D eigenvalue weighted by molar-refractivity contribution is 0.389. The predicted octanol–water partition coefficient (Wildman–Crippen LogP) is 2.21. The van der Waals surface area contributed by atoms with Gasteiger partial charge < -0.3 is 11.1 Å². The Hall–Kier alpha value is -1.00.